The van der Waals surface area contributed by atoms with Crippen molar-refractivity contribution in [3.8, 4) is 0 Å². The summed E-state index contributed by atoms with van der Waals surface area (Å²) in [5, 5.41) is 2.95. The number of ether oxygens (including phenoxy) is 1. The largest absolute Gasteiger partial charge is 0.500 e. The Bertz CT molecular complexity index is 740. The minimum absolute atomic E-state index is 0.0115. The molecular formula is C19H26N4O2. The monoisotopic (exact) mass is 342 g/mol. The summed E-state index contributed by atoms with van der Waals surface area (Å²) in [6.07, 6.45) is 3.30. The average Bonchev–Trinajstić information content (AvgIpc) is 3.04. The van der Waals surface area contributed by atoms with E-state index in [0.717, 1.165) is 42.9 Å². The number of piperidine rings is 1. The van der Waals surface area contributed by atoms with Gasteiger partial charge in [0.25, 0.3) is 0 Å². The number of fused-ring (bicyclic) bond motifs is 1. The second-order valence-corrected chi connectivity index (χ2v) is 6.26. The van der Waals surface area contributed by atoms with Crippen molar-refractivity contribution >= 4 is 22.9 Å². The number of rotatable bonds is 7. The molecule has 0 saturated carbocycles. The first-order valence-corrected chi connectivity index (χ1v) is 8.95. The lowest BCUT2D eigenvalue weighted by molar-refractivity contribution is -0.125. The van der Waals surface area contributed by atoms with Crippen molar-refractivity contribution in [2.24, 2.45) is 5.92 Å². The number of carbonyl (C=O) groups is 1. The molecule has 6 nitrogen and oxygen atoms in total. The molecule has 1 aliphatic heterocycles. The van der Waals surface area contributed by atoms with Gasteiger partial charge in [0.15, 0.2) is 0 Å². The minimum Gasteiger partial charge on any atom is -0.500 e. The lowest BCUT2D eigenvalue weighted by atomic mass is 9.97. The maximum absolute atomic E-state index is 12.4. The molecule has 1 aromatic carbocycles. The van der Waals surface area contributed by atoms with E-state index in [-0.39, 0.29) is 11.8 Å². The molecule has 3 rings (SSSR count). The Labute approximate surface area is 148 Å². The van der Waals surface area contributed by atoms with Crippen molar-refractivity contribution in [2.45, 2.75) is 26.3 Å². The molecule has 1 N–H and O–H groups in total. The molecule has 1 saturated heterocycles. The number of para-hydroxylation sites is 2. The van der Waals surface area contributed by atoms with E-state index in [1.165, 1.54) is 6.26 Å². The molecule has 0 bridgehead atoms. The molecule has 1 aliphatic rings. The van der Waals surface area contributed by atoms with Gasteiger partial charge in [-0.15, -0.1) is 0 Å². The molecular weight excluding hydrogens is 316 g/mol. The predicted octanol–water partition coefficient (Wildman–Crippen LogP) is 2.55. The lowest BCUT2D eigenvalue weighted by Gasteiger charge is -2.33. The maximum Gasteiger partial charge on any atom is 0.225 e. The van der Waals surface area contributed by atoms with Gasteiger partial charge in [0.2, 0.25) is 11.9 Å². The fraction of sp³-hybridized carbons (Fsp3) is 0.474. The average molecular weight is 342 g/mol. The molecule has 1 fully saturated rings. The van der Waals surface area contributed by atoms with E-state index >= 15 is 0 Å². The summed E-state index contributed by atoms with van der Waals surface area (Å²) in [5.74, 6) is 1.05. The number of hydrogen-bond donors (Lipinski definition) is 1. The summed E-state index contributed by atoms with van der Waals surface area (Å²) >= 11 is 0. The Morgan fingerprint density at radius 3 is 3.12 bits per heavy atom. The summed E-state index contributed by atoms with van der Waals surface area (Å²) in [4.78, 5) is 19.5. The predicted molar refractivity (Wildman–Crippen MR) is 99.5 cm³/mol. The van der Waals surface area contributed by atoms with Crippen LogP contribution in [-0.2, 0) is 16.1 Å². The zero-order valence-electron chi connectivity index (χ0n) is 14.8. The van der Waals surface area contributed by atoms with Crippen LogP contribution in [0, 0.1) is 5.92 Å². The van der Waals surface area contributed by atoms with Crippen LogP contribution in [0.25, 0.3) is 11.0 Å². The minimum atomic E-state index is -0.0115. The van der Waals surface area contributed by atoms with Gasteiger partial charge in [-0.2, -0.15) is 0 Å². The molecule has 134 valence electrons. The van der Waals surface area contributed by atoms with Gasteiger partial charge in [0, 0.05) is 19.6 Å². The van der Waals surface area contributed by atoms with Gasteiger partial charge in [0.05, 0.1) is 29.8 Å². The van der Waals surface area contributed by atoms with Crippen molar-refractivity contribution in [1.29, 1.82) is 0 Å². The van der Waals surface area contributed by atoms with Crippen LogP contribution >= 0.6 is 0 Å². The molecule has 0 spiro atoms. The van der Waals surface area contributed by atoms with E-state index in [9.17, 15) is 4.79 Å². The van der Waals surface area contributed by atoms with Crippen molar-refractivity contribution < 1.29 is 9.53 Å². The Morgan fingerprint density at radius 2 is 2.32 bits per heavy atom. The summed E-state index contributed by atoms with van der Waals surface area (Å²) in [6, 6.07) is 8.19. The number of aromatic nitrogens is 2. The van der Waals surface area contributed by atoms with Crippen LogP contribution < -0.4 is 10.2 Å². The Morgan fingerprint density at radius 1 is 1.48 bits per heavy atom. The number of nitrogens with zero attached hydrogens (tertiary/aromatic N) is 3. The normalized spacial score (nSPS) is 17.5. The van der Waals surface area contributed by atoms with E-state index in [2.05, 4.69) is 34.4 Å². The van der Waals surface area contributed by atoms with Gasteiger partial charge in [0.1, 0.15) is 6.61 Å². The SMILES string of the molecule is C=COCCNC(=O)C1CCCN(c2nc3ccccc3n2CC)C1. The topological polar surface area (TPSA) is 59.4 Å². The van der Waals surface area contributed by atoms with Gasteiger partial charge in [-0.25, -0.2) is 4.98 Å². The van der Waals surface area contributed by atoms with Gasteiger partial charge in [-0.3, -0.25) is 4.79 Å². The quantitative estimate of drug-likeness (QED) is 0.620. The van der Waals surface area contributed by atoms with Crippen LogP contribution in [-0.4, -0.2) is 41.7 Å². The molecule has 2 aromatic rings. The first kappa shape index (κ1) is 17.3. The highest BCUT2D eigenvalue weighted by atomic mass is 16.5. The molecule has 0 aliphatic carbocycles. The highest BCUT2D eigenvalue weighted by Crippen LogP contribution is 2.27. The van der Waals surface area contributed by atoms with Crippen molar-refractivity contribution in [2.75, 3.05) is 31.1 Å². The molecule has 1 aromatic heterocycles. The van der Waals surface area contributed by atoms with E-state index in [0.29, 0.717) is 19.7 Å². The van der Waals surface area contributed by atoms with E-state index < -0.39 is 0 Å². The van der Waals surface area contributed by atoms with Crippen molar-refractivity contribution in [1.82, 2.24) is 14.9 Å². The summed E-state index contributed by atoms with van der Waals surface area (Å²) < 4.78 is 7.28. The summed E-state index contributed by atoms with van der Waals surface area (Å²) in [7, 11) is 0. The second kappa shape index (κ2) is 8.05. The third-order valence-corrected chi connectivity index (χ3v) is 4.66. The lowest BCUT2D eigenvalue weighted by Crippen LogP contribution is -2.44. The standard InChI is InChI=1S/C19H26N4O2/c1-3-23-17-10-6-5-9-16(17)21-19(23)22-12-7-8-15(14-22)18(24)20-11-13-25-4-2/h4-6,9-10,15H,2-3,7-8,11-14H2,1H3,(H,20,24). The number of aryl methyl sites for hydroxylation is 1. The van der Waals surface area contributed by atoms with Crippen LogP contribution in [0.15, 0.2) is 37.1 Å². The number of imidazole rings is 1. The first-order chi connectivity index (χ1) is 12.2. The van der Waals surface area contributed by atoms with Crippen molar-refractivity contribution in [3.63, 3.8) is 0 Å². The van der Waals surface area contributed by atoms with Crippen LogP contribution in [0.5, 0.6) is 0 Å². The molecule has 25 heavy (non-hydrogen) atoms. The first-order valence-electron chi connectivity index (χ1n) is 8.95. The zero-order valence-corrected chi connectivity index (χ0v) is 14.8. The highest BCUT2D eigenvalue weighted by Gasteiger charge is 2.28. The van der Waals surface area contributed by atoms with Gasteiger partial charge in [-0.1, -0.05) is 18.7 Å². The number of hydrogen-bond acceptors (Lipinski definition) is 4. The molecule has 1 amide bonds. The molecule has 0 radical (unpaired) electrons. The van der Waals surface area contributed by atoms with Crippen LogP contribution in [0.4, 0.5) is 5.95 Å². The number of nitrogens with one attached hydrogen (secondary N) is 1. The van der Waals surface area contributed by atoms with Crippen LogP contribution in [0.2, 0.25) is 0 Å². The molecule has 1 atom stereocenters. The Kier molecular flexibility index (Phi) is 5.58. The number of amides is 1. The second-order valence-electron chi connectivity index (χ2n) is 6.26. The van der Waals surface area contributed by atoms with Gasteiger partial charge >= 0.3 is 0 Å². The number of carbonyl (C=O) groups excluding carboxylic acids is 1. The molecule has 6 heteroatoms. The zero-order chi connectivity index (χ0) is 17.6. The van der Waals surface area contributed by atoms with E-state index in [1.54, 1.807) is 0 Å². The van der Waals surface area contributed by atoms with Gasteiger partial charge < -0.3 is 19.5 Å². The van der Waals surface area contributed by atoms with E-state index in [4.69, 9.17) is 9.72 Å². The number of benzene rings is 1. The third kappa shape index (κ3) is 3.78. The maximum atomic E-state index is 12.4. The van der Waals surface area contributed by atoms with Gasteiger partial charge in [-0.05, 0) is 31.9 Å². The molecule has 1 unspecified atom stereocenters. The Balaban J connectivity index is 1.71. The number of anilines is 1. The summed E-state index contributed by atoms with van der Waals surface area (Å²) in [5.41, 5.74) is 2.15. The third-order valence-electron chi connectivity index (χ3n) is 4.66. The summed E-state index contributed by atoms with van der Waals surface area (Å²) in [6.45, 7) is 9.10. The molecule has 2 heterocycles. The van der Waals surface area contributed by atoms with Crippen LogP contribution in [0.1, 0.15) is 19.8 Å². The fourth-order valence-corrected chi connectivity index (χ4v) is 3.45. The van der Waals surface area contributed by atoms with Crippen molar-refractivity contribution in [3.05, 3.63) is 37.1 Å². The highest BCUT2D eigenvalue weighted by molar-refractivity contribution is 5.81. The van der Waals surface area contributed by atoms with Crippen LogP contribution in [0.3, 0.4) is 0 Å². The fourth-order valence-electron chi connectivity index (χ4n) is 3.45. The Hall–Kier alpha value is -2.50. The van der Waals surface area contributed by atoms with E-state index in [1.807, 2.05) is 18.2 Å². The smallest absolute Gasteiger partial charge is 0.225 e.